The van der Waals surface area contributed by atoms with Gasteiger partial charge in [-0.3, -0.25) is 4.79 Å². The van der Waals surface area contributed by atoms with Gasteiger partial charge in [0.2, 0.25) is 5.91 Å². The molecule has 4 heteroatoms. The van der Waals surface area contributed by atoms with E-state index in [0.29, 0.717) is 19.3 Å². The molecular formula is C10H21NO3. The molecule has 0 heterocycles. The van der Waals surface area contributed by atoms with Crippen molar-refractivity contribution in [3.8, 4) is 0 Å². The number of hydrogen-bond acceptors (Lipinski definition) is 3. The minimum absolute atomic E-state index is 0.0592. The van der Waals surface area contributed by atoms with Crippen molar-refractivity contribution in [2.75, 3.05) is 6.61 Å². The fraction of sp³-hybridized carbons (Fsp3) is 0.900. The lowest BCUT2D eigenvalue weighted by atomic mass is 10.0. The molecule has 0 aliphatic heterocycles. The second-order valence-electron chi connectivity index (χ2n) is 4.29. The zero-order valence-corrected chi connectivity index (χ0v) is 9.21. The average molecular weight is 203 g/mol. The summed E-state index contributed by atoms with van der Waals surface area (Å²) in [5.41, 5.74) is -0.371. The van der Waals surface area contributed by atoms with Crippen LogP contribution in [0.25, 0.3) is 0 Å². The molecule has 84 valence electrons. The molecule has 14 heavy (non-hydrogen) atoms. The van der Waals surface area contributed by atoms with E-state index in [4.69, 9.17) is 10.2 Å². The predicted molar refractivity (Wildman–Crippen MR) is 54.8 cm³/mol. The predicted octanol–water partition coefficient (Wildman–Crippen LogP) is 0.425. The van der Waals surface area contributed by atoms with Crippen molar-refractivity contribution in [2.24, 2.45) is 0 Å². The lowest BCUT2D eigenvalue weighted by Gasteiger charge is -2.25. The summed E-state index contributed by atoms with van der Waals surface area (Å²) in [6.45, 7) is 5.45. The van der Waals surface area contributed by atoms with Crippen molar-refractivity contribution >= 4 is 5.91 Å². The summed E-state index contributed by atoms with van der Waals surface area (Å²) in [6, 6.07) is 0. The van der Waals surface area contributed by atoms with Gasteiger partial charge in [0.15, 0.2) is 0 Å². The van der Waals surface area contributed by atoms with Crippen LogP contribution in [-0.4, -0.2) is 34.4 Å². The van der Waals surface area contributed by atoms with Gasteiger partial charge in [-0.25, -0.2) is 0 Å². The molecule has 0 aromatic heterocycles. The van der Waals surface area contributed by atoms with Crippen molar-refractivity contribution in [3.05, 3.63) is 0 Å². The Labute approximate surface area is 85.3 Å². The molecule has 0 saturated carbocycles. The van der Waals surface area contributed by atoms with Gasteiger partial charge >= 0.3 is 0 Å². The molecule has 0 bridgehead atoms. The Balaban J connectivity index is 3.81. The van der Waals surface area contributed by atoms with Gasteiger partial charge in [-0.1, -0.05) is 0 Å². The average Bonchev–Trinajstić information content (AvgIpc) is 1.99. The summed E-state index contributed by atoms with van der Waals surface area (Å²) in [5, 5.41) is 20.5. The van der Waals surface area contributed by atoms with Gasteiger partial charge in [-0.2, -0.15) is 0 Å². The second-order valence-corrected chi connectivity index (χ2v) is 4.29. The van der Waals surface area contributed by atoms with E-state index in [2.05, 4.69) is 5.32 Å². The summed E-state index contributed by atoms with van der Waals surface area (Å²) in [7, 11) is 0. The van der Waals surface area contributed by atoms with Crippen LogP contribution in [0.15, 0.2) is 0 Å². The molecule has 0 spiro atoms. The number of hydrogen-bond donors (Lipinski definition) is 3. The van der Waals surface area contributed by atoms with Crippen molar-refractivity contribution in [3.63, 3.8) is 0 Å². The zero-order chi connectivity index (χ0) is 11.2. The molecule has 1 amide bonds. The van der Waals surface area contributed by atoms with Crippen LogP contribution in [0.1, 0.15) is 40.0 Å². The molecule has 0 aromatic rings. The molecule has 0 aliphatic carbocycles. The fourth-order valence-electron chi connectivity index (χ4n) is 1.12. The molecule has 0 fully saturated rings. The Morgan fingerprint density at radius 2 is 2.07 bits per heavy atom. The Bertz CT molecular complexity index is 178. The summed E-state index contributed by atoms with van der Waals surface area (Å²) in [4.78, 5) is 11.3. The minimum atomic E-state index is -0.443. The van der Waals surface area contributed by atoms with Crippen molar-refractivity contribution in [2.45, 2.75) is 51.7 Å². The minimum Gasteiger partial charge on any atom is -0.396 e. The van der Waals surface area contributed by atoms with Crippen LogP contribution < -0.4 is 5.32 Å². The van der Waals surface area contributed by atoms with Gasteiger partial charge in [0.1, 0.15) is 0 Å². The number of rotatable bonds is 6. The Hall–Kier alpha value is -0.610. The first-order valence-electron chi connectivity index (χ1n) is 4.97. The maximum absolute atomic E-state index is 11.3. The first-order chi connectivity index (χ1) is 6.37. The molecule has 0 radical (unpaired) electrons. The van der Waals surface area contributed by atoms with E-state index in [9.17, 15) is 4.79 Å². The Kier molecular flexibility index (Phi) is 5.72. The number of nitrogens with one attached hydrogen (secondary N) is 1. The van der Waals surface area contributed by atoms with Gasteiger partial charge in [0, 0.05) is 18.6 Å². The number of carbonyl (C=O) groups is 1. The largest absolute Gasteiger partial charge is 0.396 e. The van der Waals surface area contributed by atoms with Crippen molar-refractivity contribution < 1.29 is 15.0 Å². The van der Waals surface area contributed by atoms with E-state index in [1.807, 2.05) is 13.8 Å². The third-order valence-electron chi connectivity index (χ3n) is 2.00. The van der Waals surface area contributed by atoms with Crippen LogP contribution in [-0.2, 0) is 4.79 Å². The molecule has 3 N–H and O–H groups in total. The summed E-state index contributed by atoms with van der Waals surface area (Å²) in [6.07, 6.45) is 0.891. The Morgan fingerprint density at radius 3 is 2.50 bits per heavy atom. The van der Waals surface area contributed by atoms with Gasteiger partial charge < -0.3 is 15.5 Å². The number of aliphatic hydroxyl groups excluding tert-OH is 2. The number of carbonyl (C=O) groups excluding carboxylic acids is 1. The highest BCUT2D eigenvalue weighted by molar-refractivity contribution is 5.76. The van der Waals surface area contributed by atoms with Gasteiger partial charge in [0.05, 0.1) is 6.10 Å². The van der Waals surface area contributed by atoms with Crippen LogP contribution >= 0.6 is 0 Å². The highest BCUT2D eigenvalue weighted by Crippen LogP contribution is 2.08. The highest BCUT2D eigenvalue weighted by atomic mass is 16.3. The monoisotopic (exact) mass is 203 g/mol. The highest BCUT2D eigenvalue weighted by Gasteiger charge is 2.19. The van der Waals surface area contributed by atoms with E-state index in [0.717, 1.165) is 0 Å². The van der Waals surface area contributed by atoms with Crippen LogP contribution in [0.4, 0.5) is 0 Å². The van der Waals surface area contributed by atoms with E-state index < -0.39 is 6.10 Å². The summed E-state index contributed by atoms with van der Waals surface area (Å²) >= 11 is 0. The summed E-state index contributed by atoms with van der Waals surface area (Å²) in [5.74, 6) is -0.0793. The van der Waals surface area contributed by atoms with Crippen LogP contribution in [0.3, 0.4) is 0 Å². The topological polar surface area (TPSA) is 69.6 Å². The molecule has 1 unspecified atom stereocenters. The van der Waals surface area contributed by atoms with E-state index in [1.54, 1.807) is 6.92 Å². The third-order valence-corrected chi connectivity index (χ3v) is 2.00. The molecule has 0 aromatic carbocycles. The zero-order valence-electron chi connectivity index (χ0n) is 9.21. The lowest BCUT2D eigenvalue weighted by molar-refractivity contribution is -0.123. The number of amides is 1. The van der Waals surface area contributed by atoms with Crippen LogP contribution in [0, 0.1) is 0 Å². The van der Waals surface area contributed by atoms with E-state index in [-0.39, 0.29) is 18.1 Å². The number of aliphatic hydroxyl groups is 2. The maximum atomic E-state index is 11.3. The van der Waals surface area contributed by atoms with Crippen molar-refractivity contribution in [1.29, 1.82) is 0 Å². The SMILES string of the molecule is CC(O)CCC(=O)NC(C)(C)CCO. The molecule has 1 atom stereocenters. The first-order valence-corrected chi connectivity index (χ1v) is 4.97. The molecule has 0 saturated heterocycles. The fourth-order valence-corrected chi connectivity index (χ4v) is 1.12. The maximum Gasteiger partial charge on any atom is 0.220 e. The molecular weight excluding hydrogens is 182 g/mol. The van der Waals surface area contributed by atoms with Gasteiger partial charge in [0.25, 0.3) is 0 Å². The van der Waals surface area contributed by atoms with Gasteiger partial charge in [-0.05, 0) is 33.6 Å². The van der Waals surface area contributed by atoms with Gasteiger partial charge in [-0.15, -0.1) is 0 Å². The second kappa shape index (κ2) is 5.98. The van der Waals surface area contributed by atoms with E-state index >= 15 is 0 Å². The van der Waals surface area contributed by atoms with Crippen LogP contribution in [0.2, 0.25) is 0 Å². The summed E-state index contributed by atoms with van der Waals surface area (Å²) < 4.78 is 0. The van der Waals surface area contributed by atoms with E-state index in [1.165, 1.54) is 0 Å². The normalized spacial score (nSPS) is 13.8. The lowest BCUT2D eigenvalue weighted by Crippen LogP contribution is -2.44. The quantitative estimate of drug-likeness (QED) is 0.586. The first kappa shape index (κ1) is 13.4. The molecule has 0 aliphatic rings. The molecule has 0 rings (SSSR count). The van der Waals surface area contributed by atoms with Crippen molar-refractivity contribution in [1.82, 2.24) is 5.32 Å². The Morgan fingerprint density at radius 1 is 1.50 bits per heavy atom. The molecule has 4 nitrogen and oxygen atoms in total. The smallest absolute Gasteiger partial charge is 0.220 e. The van der Waals surface area contributed by atoms with Crippen LogP contribution in [0.5, 0.6) is 0 Å². The third kappa shape index (κ3) is 6.86. The standard InChI is InChI=1S/C10H21NO3/c1-8(13)4-5-9(14)11-10(2,3)6-7-12/h8,12-13H,4-7H2,1-3H3,(H,11,14).